The van der Waals surface area contributed by atoms with E-state index in [1.807, 2.05) is 5.38 Å². The Bertz CT molecular complexity index is 278. The second kappa shape index (κ2) is 5.03. The van der Waals surface area contributed by atoms with Gasteiger partial charge in [0.25, 0.3) is 0 Å². The van der Waals surface area contributed by atoms with E-state index >= 15 is 0 Å². The van der Waals surface area contributed by atoms with Crippen LogP contribution in [0, 0.1) is 5.41 Å². The fraction of sp³-hybridized carbons (Fsp3) is 0.818. The summed E-state index contributed by atoms with van der Waals surface area (Å²) in [4.78, 5) is 0. The largest absolute Gasteiger partial charge is 0.311 e. The number of rotatable bonds is 4. The second-order valence-electron chi connectivity index (χ2n) is 4.87. The van der Waals surface area contributed by atoms with Crippen LogP contribution in [0.2, 0.25) is 0 Å². The summed E-state index contributed by atoms with van der Waals surface area (Å²) in [5, 5.41) is 9.54. The minimum atomic E-state index is 0.516. The molecule has 0 saturated heterocycles. The molecule has 1 saturated carbocycles. The van der Waals surface area contributed by atoms with Crippen molar-refractivity contribution in [3.8, 4) is 0 Å². The van der Waals surface area contributed by atoms with Gasteiger partial charge in [0.15, 0.2) is 0 Å². The van der Waals surface area contributed by atoms with E-state index in [1.165, 1.54) is 43.6 Å². The first-order valence-corrected chi connectivity index (χ1v) is 6.59. The van der Waals surface area contributed by atoms with Crippen molar-refractivity contribution in [3.05, 3.63) is 11.1 Å². The van der Waals surface area contributed by atoms with Crippen molar-refractivity contribution in [2.75, 3.05) is 6.54 Å². The second-order valence-corrected chi connectivity index (χ2v) is 5.48. The molecule has 2 rings (SSSR count). The van der Waals surface area contributed by atoms with E-state index in [0.29, 0.717) is 5.41 Å². The Labute approximate surface area is 95.4 Å². The molecule has 1 aliphatic carbocycles. The van der Waals surface area contributed by atoms with Gasteiger partial charge in [0.1, 0.15) is 0 Å². The molecule has 0 bridgehead atoms. The van der Waals surface area contributed by atoms with Crippen LogP contribution in [-0.2, 0) is 6.54 Å². The number of nitrogens with zero attached hydrogens (tertiary/aromatic N) is 2. The molecule has 4 heteroatoms. The van der Waals surface area contributed by atoms with Gasteiger partial charge in [-0.05, 0) is 29.8 Å². The smallest absolute Gasteiger partial charge is 0.0893 e. The molecule has 0 aromatic carbocycles. The minimum Gasteiger partial charge on any atom is -0.311 e. The molecule has 1 N–H and O–H groups in total. The van der Waals surface area contributed by atoms with E-state index < -0.39 is 0 Å². The van der Waals surface area contributed by atoms with E-state index in [4.69, 9.17) is 0 Å². The fourth-order valence-corrected chi connectivity index (χ4v) is 2.79. The van der Waals surface area contributed by atoms with Crippen LogP contribution >= 0.6 is 11.5 Å². The van der Waals surface area contributed by atoms with E-state index in [9.17, 15) is 0 Å². The van der Waals surface area contributed by atoms with Gasteiger partial charge in [0.2, 0.25) is 0 Å². The summed E-state index contributed by atoms with van der Waals surface area (Å²) >= 11 is 1.42. The summed E-state index contributed by atoms with van der Waals surface area (Å²) in [5.41, 5.74) is 1.58. The lowest BCUT2D eigenvalue weighted by atomic mass is 9.76. The SMILES string of the molecule is CC1(CNCc2csnn2)CCCCC1. The summed E-state index contributed by atoms with van der Waals surface area (Å²) in [6.07, 6.45) is 6.96. The maximum Gasteiger partial charge on any atom is 0.0893 e. The van der Waals surface area contributed by atoms with Crippen LogP contribution in [0.15, 0.2) is 5.38 Å². The average Bonchev–Trinajstić information content (AvgIpc) is 2.71. The zero-order chi connectivity index (χ0) is 10.6. The molecular weight excluding hydrogens is 206 g/mol. The standard InChI is InChI=1S/C11H19N3S/c1-11(5-3-2-4-6-11)9-12-7-10-8-15-14-13-10/h8,12H,2-7,9H2,1H3. The lowest BCUT2D eigenvalue weighted by Crippen LogP contribution is -2.33. The van der Waals surface area contributed by atoms with Crippen molar-refractivity contribution < 1.29 is 0 Å². The summed E-state index contributed by atoms with van der Waals surface area (Å²) in [6.45, 7) is 4.38. The number of aromatic nitrogens is 2. The first kappa shape index (κ1) is 11.0. The third-order valence-corrected chi connectivity index (χ3v) is 3.88. The average molecular weight is 225 g/mol. The monoisotopic (exact) mass is 225 g/mol. The third-order valence-electron chi connectivity index (χ3n) is 3.32. The first-order valence-electron chi connectivity index (χ1n) is 5.75. The van der Waals surface area contributed by atoms with Crippen LogP contribution in [0.5, 0.6) is 0 Å². The highest BCUT2D eigenvalue weighted by Crippen LogP contribution is 2.34. The highest BCUT2D eigenvalue weighted by atomic mass is 32.1. The molecule has 0 amide bonds. The van der Waals surface area contributed by atoms with E-state index in [-0.39, 0.29) is 0 Å². The molecule has 0 unspecified atom stereocenters. The zero-order valence-electron chi connectivity index (χ0n) is 9.33. The van der Waals surface area contributed by atoms with Gasteiger partial charge in [-0.25, -0.2) is 0 Å². The fourth-order valence-electron chi connectivity index (χ4n) is 2.34. The number of hydrogen-bond donors (Lipinski definition) is 1. The van der Waals surface area contributed by atoms with Gasteiger partial charge in [-0.1, -0.05) is 30.7 Å². The van der Waals surface area contributed by atoms with Crippen molar-refractivity contribution in [3.63, 3.8) is 0 Å². The molecular formula is C11H19N3S. The zero-order valence-corrected chi connectivity index (χ0v) is 10.1. The molecule has 15 heavy (non-hydrogen) atoms. The maximum atomic E-state index is 4.03. The lowest BCUT2D eigenvalue weighted by Gasteiger charge is -2.33. The van der Waals surface area contributed by atoms with Crippen molar-refractivity contribution in [2.45, 2.75) is 45.6 Å². The van der Waals surface area contributed by atoms with Crippen molar-refractivity contribution in [1.82, 2.24) is 14.9 Å². The third kappa shape index (κ3) is 3.24. The molecule has 1 fully saturated rings. The summed E-state index contributed by atoms with van der Waals surface area (Å²) in [7, 11) is 0. The van der Waals surface area contributed by atoms with Crippen LogP contribution in [0.4, 0.5) is 0 Å². The van der Waals surface area contributed by atoms with E-state index in [1.54, 1.807) is 0 Å². The Balaban J connectivity index is 1.72. The van der Waals surface area contributed by atoms with Crippen LogP contribution in [0.1, 0.15) is 44.7 Å². The molecule has 3 nitrogen and oxygen atoms in total. The molecule has 0 spiro atoms. The van der Waals surface area contributed by atoms with Gasteiger partial charge in [-0.3, -0.25) is 0 Å². The topological polar surface area (TPSA) is 37.8 Å². The highest BCUT2D eigenvalue weighted by molar-refractivity contribution is 7.03. The molecule has 1 aliphatic rings. The molecule has 1 aromatic rings. The van der Waals surface area contributed by atoms with Crippen LogP contribution in [0.3, 0.4) is 0 Å². The number of nitrogens with one attached hydrogen (secondary N) is 1. The Morgan fingerprint density at radius 1 is 1.40 bits per heavy atom. The Morgan fingerprint density at radius 3 is 2.87 bits per heavy atom. The predicted octanol–water partition coefficient (Wildman–Crippen LogP) is 2.60. The van der Waals surface area contributed by atoms with Crippen LogP contribution in [-0.4, -0.2) is 16.1 Å². The quantitative estimate of drug-likeness (QED) is 0.856. The van der Waals surface area contributed by atoms with E-state index in [0.717, 1.165) is 18.8 Å². The van der Waals surface area contributed by atoms with Gasteiger partial charge in [-0.15, -0.1) is 5.10 Å². The molecule has 0 aliphatic heterocycles. The molecule has 0 radical (unpaired) electrons. The van der Waals surface area contributed by atoms with Crippen molar-refractivity contribution >= 4 is 11.5 Å². The minimum absolute atomic E-state index is 0.516. The normalized spacial score (nSPS) is 20.3. The lowest BCUT2D eigenvalue weighted by molar-refractivity contribution is 0.207. The van der Waals surface area contributed by atoms with Gasteiger partial charge in [0.05, 0.1) is 5.69 Å². The molecule has 1 aromatic heterocycles. The Kier molecular flexibility index (Phi) is 3.70. The molecule has 0 atom stereocenters. The highest BCUT2D eigenvalue weighted by Gasteiger charge is 2.25. The van der Waals surface area contributed by atoms with Gasteiger partial charge in [0, 0.05) is 18.5 Å². The Morgan fingerprint density at radius 2 is 2.20 bits per heavy atom. The first-order chi connectivity index (χ1) is 7.29. The van der Waals surface area contributed by atoms with Gasteiger partial charge < -0.3 is 5.32 Å². The number of hydrogen-bond acceptors (Lipinski definition) is 4. The van der Waals surface area contributed by atoms with Gasteiger partial charge >= 0.3 is 0 Å². The van der Waals surface area contributed by atoms with Crippen LogP contribution in [0.25, 0.3) is 0 Å². The maximum absolute atomic E-state index is 4.03. The van der Waals surface area contributed by atoms with Gasteiger partial charge in [-0.2, -0.15) is 0 Å². The van der Waals surface area contributed by atoms with Crippen molar-refractivity contribution in [2.24, 2.45) is 5.41 Å². The summed E-state index contributed by atoms with van der Waals surface area (Å²) < 4.78 is 3.86. The molecule has 84 valence electrons. The summed E-state index contributed by atoms with van der Waals surface area (Å²) in [6, 6.07) is 0. The molecule has 1 heterocycles. The van der Waals surface area contributed by atoms with Crippen molar-refractivity contribution in [1.29, 1.82) is 0 Å². The summed E-state index contributed by atoms with van der Waals surface area (Å²) in [5.74, 6) is 0. The predicted molar refractivity (Wildman–Crippen MR) is 62.8 cm³/mol. The van der Waals surface area contributed by atoms with E-state index in [2.05, 4.69) is 21.8 Å². The Hall–Kier alpha value is -0.480. The van der Waals surface area contributed by atoms with Crippen LogP contribution < -0.4 is 5.32 Å².